The molecule has 0 aromatic rings. The predicted octanol–water partition coefficient (Wildman–Crippen LogP) is 4.63. The van der Waals surface area contributed by atoms with Gasteiger partial charge in [0, 0.05) is 0 Å². The average molecular weight is 309 g/mol. The van der Waals surface area contributed by atoms with Crippen molar-refractivity contribution in [2.75, 3.05) is 13.2 Å². The highest BCUT2D eigenvalue weighted by atomic mass is 28.3. The Kier molecular flexibility index (Phi) is 8.16. The maximum absolute atomic E-state index is 6.01. The molecule has 0 heterocycles. The standard InChI is InChI=1S/C18H32O2Si/c1-2-19-21(16-18-12-7-4-8-13-18)20-15-9-14-17-10-5-3-6-11-17/h9,14,16-18H,2-8,10-13,15H2,1H3. The maximum Gasteiger partial charge on any atom is 0.476 e. The van der Waals surface area contributed by atoms with Gasteiger partial charge in [0.25, 0.3) is 0 Å². The predicted molar refractivity (Wildman–Crippen MR) is 91.7 cm³/mol. The summed E-state index contributed by atoms with van der Waals surface area (Å²) in [5.74, 6) is 1.54. The molecule has 0 aliphatic heterocycles. The molecule has 0 radical (unpaired) electrons. The molecular formula is C18H32O2Si. The second kappa shape index (κ2) is 10.2. The minimum Gasteiger partial charge on any atom is -0.524 e. The molecule has 0 spiro atoms. The first-order valence-electron chi connectivity index (χ1n) is 9.02. The largest absolute Gasteiger partial charge is 0.524 e. The fourth-order valence-corrected chi connectivity index (χ4v) is 5.02. The van der Waals surface area contributed by atoms with Crippen LogP contribution in [0, 0.1) is 11.8 Å². The van der Waals surface area contributed by atoms with Gasteiger partial charge in [-0.3, -0.25) is 0 Å². The molecule has 0 bridgehead atoms. The summed E-state index contributed by atoms with van der Waals surface area (Å²) in [7, 11) is -1.17. The molecule has 0 unspecified atom stereocenters. The van der Waals surface area contributed by atoms with Crippen molar-refractivity contribution in [2.45, 2.75) is 71.1 Å². The Hall–Kier alpha value is -0.573. The van der Waals surface area contributed by atoms with Crippen molar-refractivity contribution in [2.24, 2.45) is 11.8 Å². The Morgan fingerprint density at radius 3 is 2.10 bits per heavy atom. The number of hydrogen-bond acceptors (Lipinski definition) is 2. The van der Waals surface area contributed by atoms with Gasteiger partial charge in [0.05, 0.1) is 13.2 Å². The Morgan fingerprint density at radius 2 is 1.48 bits per heavy atom. The molecule has 2 aliphatic carbocycles. The molecule has 0 aromatic heterocycles. The van der Waals surface area contributed by atoms with E-state index in [1.807, 2.05) is 0 Å². The lowest BCUT2D eigenvalue weighted by Gasteiger charge is -2.19. The van der Waals surface area contributed by atoms with E-state index in [0.717, 1.165) is 25.0 Å². The second-order valence-corrected chi connectivity index (χ2v) is 8.00. The smallest absolute Gasteiger partial charge is 0.476 e. The zero-order valence-corrected chi connectivity index (χ0v) is 14.7. The first-order chi connectivity index (χ1) is 10.4. The molecule has 0 N–H and O–H groups in total. The fourth-order valence-electron chi connectivity index (χ4n) is 3.48. The van der Waals surface area contributed by atoms with Crippen LogP contribution in [-0.2, 0) is 8.85 Å². The van der Waals surface area contributed by atoms with E-state index in [1.165, 1.54) is 64.2 Å². The molecule has 0 atom stereocenters. The molecule has 0 aromatic carbocycles. The van der Waals surface area contributed by atoms with Gasteiger partial charge in [-0.25, -0.2) is 0 Å². The number of rotatable bonds is 7. The van der Waals surface area contributed by atoms with Crippen molar-refractivity contribution in [3.63, 3.8) is 0 Å². The Bertz CT molecular complexity index is 326. The van der Waals surface area contributed by atoms with Crippen molar-refractivity contribution in [3.05, 3.63) is 12.2 Å². The van der Waals surface area contributed by atoms with E-state index in [9.17, 15) is 0 Å². The van der Waals surface area contributed by atoms with Crippen LogP contribution in [0.3, 0.4) is 0 Å². The van der Waals surface area contributed by atoms with Crippen molar-refractivity contribution in [3.8, 4) is 0 Å². The molecule has 2 saturated carbocycles. The molecule has 0 saturated heterocycles. The van der Waals surface area contributed by atoms with Gasteiger partial charge in [-0.05, 0) is 50.1 Å². The summed E-state index contributed by atoms with van der Waals surface area (Å²) in [5, 5.41) is 0. The molecule has 0 amide bonds. The molecule has 3 heteroatoms. The van der Waals surface area contributed by atoms with E-state index in [-0.39, 0.29) is 0 Å². The van der Waals surface area contributed by atoms with Gasteiger partial charge in [0.2, 0.25) is 0 Å². The van der Waals surface area contributed by atoms with Gasteiger partial charge >= 0.3 is 8.90 Å². The molecule has 21 heavy (non-hydrogen) atoms. The topological polar surface area (TPSA) is 18.5 Å². The van der Waals surface area contributed by atoms with Crippen LogP contribution in [0.5, 0.6) is 0 Å². The van der Waals surface area contributed by atoms with Gasteiger partial charge in [0.1, 0.15) is 0 Å². The second-order valence-electron chi connectivity index (χ2n) is 6.45. The van der Waals surface area contributed by atoms with Crippen LogP contribution in [0.25, 0.3) is 0 Å². The highest BCUT2D eigenvalue weighted by molar-refractivity contribution is 6.54. The fraction of sp³-hybridized carbons (Fsp3) is 0.833. The summed E-state index contributed by atoms with van der Waals surface area (Å²) in [6.45, 7) is 3.57. The molecule has 120 valence electrons. The van der Waals surface area contributed by atoms with Gasteiger partial charge < -0.3 is 8.85 Å². The van der Waals surface area contributed by atoms with Crippen molar-refractivity contribution >= 4 is 14.6 Å². The van der Waals surface area contributed by atoms with Crippen LogP contribution in [-0.4, -0.2) is 27.8 Å². The van der Waals surface area contributed by atoms with Crippen molar-refractivity contribution in [1.29, 1.82) is 0 Å². The highest BCUT2D eigenvalue weighted by Gasteiger charge is 2.15. The summed E-state index contributed by atoms with van der Waals surface area (Å²) < 4.78 is 11.8. The summed E-state index contributed by atoms with van der Waals surface area (Å²) in [5.41, 5.74) is 2.40. The van der Waals surface area contributed by atoms with Crippen LogP contribution in [0.15, 0.2) is 12.2 Å². The zero-order valence-electron chi connectivity index (χ0n) is 13.7. The van der Waals surface area contributed by atoms with Crippen LogP contribution < -0.4 is 0 Å². The minimum absolute atomic E-state index is 0.730. The van der Waals surface area contributed by atoms with Crippen LogP contribution in [0.1, 0.15) is 71.1 Å². The lowest BCUT2D eigenvalue weighted by Crippen LogP contribution is -2.22. The van der Waals surface area contributed by atoms with E-state index in [0.29, 0.717) is 0 Å². The van der Waals surface area contributed by atoms with Crippen LogP contribution in [0.2, 0.25) is 0 Å². The summed E-state index contributed by atoms with van der Waals surface area (Å²) in [4.78, 5) is 0. The van der Waals surface area contributed by atoms with Crippen LogP contribution in [0.4, 0.5) is 0 Å². The van der Waals surface area contributed by atoms with Gasteiger partial charge in [-0.15, -0.1) is 0 Å². The third kappa shape index (κ3) is 6.81. The van der Waals surface area contributed by atoms with Gasteiger partial charge in [0.15, 0.2) is 0 Å². The normalized spacial score (nSPS) is 22.6. The first-order valence-corrected chi connectivity index (χ1v) is 10.4. The third-order valence-electron chi connectivity index (χ3n) is 4.69. The van der Waals surface area contributed by atoms with Gasteiger partial charge in [-0.2, -0.15) is 0 Å². The average Bonchev–Trinajstić information content (AvgIpc) is 2.54. The van der Waals surface area contributed by atoms with Gasteiger partial charge in [-0.1, -0.05) is 50.7 Å². The Labute approximate surface area is 132 Å². The SMILES string of the molecule is CCO[Si](=CC1CCCCC1)OCC=CC1CCCCC1. The third-order valence-corrected chi connectivity index (χ3v) is 6.46. The molecule has 2 rings (SSSR count). The van der Waals surface area contributed by atoms with Crippen molar-refractivity contribution in [1.82, 2.24) is 0 Å². The quantitative estimate of drug-likeness (QED) is 0.504. The lowest BCUT2D eigenvalue weighted by molar-refractivity contribution is 0.243. The molecule has 2 fully saturated rings. The summed E-state index contributed by atoms with van der Waals surface area (Å²) in [6, 6.07) is 0. The van der Waals surface area contributed by atoms with E-state index in [2.05, 4.69) is 24.7 Å². The van der Waals surface area contributed by atoms with E-state index < -0.39 is 8.90 Å². The zero-order chi connectivity index (χ0) is 14.8. The molecule has 2 nitrogen and oxygen atoms in total. The van der Waals surface area contributed by atoms with Crippen molar-refractivity contribution < 1.29 is 8.85 Å². The molecule has 2 aliphatic rings. The Morgan fingerprint density at radius 1 is 0.857 bits per heavy atom. The summed E-state index contributed by atoms with van der Waals surface area (Å²) in [6.07, 6.45) is 18.4. The van der Waals surface area contributed by atoms with E-state index in [4.69, 9.17) is 8.85 Å². The monoisotopic (exact) mass is 308 g/mol. The van der Waals surface area contributed by atoms with E-state index >= 15 is 0 Å². The molecular weight excluding hydrogens is 276 g/mol. The first kappa shape index (κ1) is 16.8. The number of hydrogen-bond donors (Lipinski definition) is 0. The maximum atomic E-state index is 6.01. The summed E-state index contributed by atoms with van der Waals surface area (Å²) >= 11 is 0. The number of allylic oxidation sites excluding steroid dienone is 1. The minimum atomic E-state index is -1.17. The van der Waals surface area contributed by atoms with Crippen LogP contribution >= 0.6 is 0 Å². The highest BCUT2D eigenvalue weighted by Crippen LogP contribution is 2.24. The Balaban J connectivity index is 1.73. The van der Waals surface area contributed by atoms with E-state index in [1.54, 1.807) is 0 Å². The lowest BCUT2D eigenvalue weighted by atomic mass is 9.89.